The number of carbonyl (C=O) groups excluding carboxylic acids is 1. The minimum Gasteiger partial charge on any atom is -0.496 e. The van der Waals surface area contributed by atoms with Gasteiger partial charge in [-0.2, -0.15) is 0 Å². The van der Waals surface area contributed by atoms with E-state index in [1.165, 1.54) is 0 Å². The quantitative estimate of drug-likeness (QED) is 0.847. The Morgan fingerprint density at radius 2 is 1.68 bits per heavy atom. The molecule has 2 rings (SSSR count). The third-order valence-corrected chi connectivity index (χ3v) is 3.87. The molecule has 0 spiro atoms. The summed E-state index contributed by atoms with van der Waals surface area (Å²) in [4.78, 5) is 12.3. The van der Waals surface area contributed by atoms with Gasteiger partial charge in [-0.15, -0.1) is 0 Å². The Kier molecular flexibility index (Phi) is 4.61. The van der Waals surface area contributed by atoms with E-state index < -0.39 is 0 Å². The zero-order chi connectivity index (χ0) is 13.8. The summed E-state index contributed by atoms with van der Waals surface area (Å²) in [5, 5.41) is 2.86. The average Bonchev–Trinajstić information content (AvgIpc) is 2.42. The summed E-state index contributed by atoms with van der Waals surface area (Å²) in [5.41, 5.74) is 1.19. The van der Waals surface area contributed by atoms with Crippen molar-refractivity contribution >= 4 is 43.5 Å². The van der Waals surface area contributed by atoms with E-state index in [4.69, 9.17) is 4.74 Å². The molecule has 0 bridgehead atoms. The Hall–Kier alpha value is -1.33. The molecule has 5 heteroatoms. The molecule has 0 fully saturated rings. The molecule has 0 atom stereocenters. The molecule has 0 saturated heterocycles. The summed E-state index contributed by atoms with van der Waals surface area (Å²) in [7, 11) is 1.54. The molecule has 0 radical (unpaired) electrons. The van der Waals surface area contributed by atoms with Gasteiger partial charge in [0.2, 0.25) is 0 Å². The number of nitrogens with one attached hydrogen (secondary N) is 1. The summed E-state index contributed by atoms with van der Waals surface area (Å²) in [6.07, 6.45) is 0. The van der Waals surface area contributed by atoms with Crippen LogP contribution in [0.1, 0.15) is 10.4 Å². The van der Waals surface area contributed by atoms with Gasteiger partial charge in [-0.05, 0) is 56.1 Å². The maximum Gasteiger partial charge on any atom is 0.259 e. The topological polar surface area (TPSA) is 38.3 Å². The summed E-state index contributed by atoms with van der Waals surface area (Å²) in [6.45, 7) is 0. The molecule has 0 aliphatic carbocycles. The second-order valence-electron chi connectivity index (χ2n) is 3.75. The lowest BCUT2D eigenvalue weighted by Crippen LogP contribution is -2.13. The van der Waals surface area contributed by atoms with Crippen molar-refractivity contribution in [3.63, 3.8) is 0 Å². The Morgan fingerprint density at radius 1 is 1.05 bits per heavy atom. The number of rotatable bonds is 3. The largest absolute Gasteiger partial charge is 0.496 e. The third kappa shape index (κ3) is 3.16. The predicted octanol–water partition coefficient (Wildman–Crippen LogP) is 4.47. The van der Waals surface area contributed by atoms with Crippen LogP contribution in [0.3, 0.4) is 0 Å². The fraction of sp³-hybridized carbons (Fsp3) is 0.0714. The van der Waals surface area contributed by atoms with Crippen LogP contribution in [0.25, 0.3) is 0 Å². The fourth-order valence-corrected chi connectivity index (χ4v) is 2.83. The van der Waals surface area contributed by atoms with E-state index in [9.17, 15) is 4.79 Å². The van der Waals surface area contributed by atoms with Crippen LogP contribution < -0.4 is 10.1 Å². The second kappa shape index (κ2) is 6.21. The molecule has 2 aromatic rings. The highest BCUT2D eigenvalue weighted by molar-refractivity contribution is 9.11. The number of hydrogen-bond acceptors (Lipinski definition) is 2. The lowest BCUT2D eigenvalue weighted by Gasteiger charge is -2.11. The van der Waals surface area contributed by atoms with Crippen molar-refractivity contribution in [2.45, 2.75) is 0 Å². The van der Waals surface area contributed by atoms with E-state index in [2.05, 4.69) is 37.2 Å². The number of ether oxygens (including phenoxy) is 1. The molecular formula is C14H11Br2NO2. The molecular weight excluding hydrogens is 374 g/mol. The van der Waals surface area contributed by atoms with Gasteiger partial charge in [0.15, 0.2) is 0 Å². The predicted molar refractivity (Wildman–Crippen MR) is 82.8 cm³/mol. The number of benzene rings is 2. The van der Waals surface area contributed by atoms with Gasteiger partial charge in [0, 0.05) is 8.95 Å². The summed E-state index contributed by atoms with van der Waals surface area (Å²) in [6, 6.07) is 12.7. The zero-order valence-corrected chi connectivity index (χ0v) is 13.3. The number of para-hydroxylation sites is 2. The van der Waals surface area contributed by atoms with Crippen molar-refractivity contribution in [1.29, 1.82) is 0 Å². The van der Waals surface area contributed by atoms with Gasteiger partial charge in [-0.25, -0.2) is 0 Å². The highest BCUT2D eigenvalue weighted by Gasteiger charge is 2.14. The van der Waals surface area contributed by atoms with Gasteiger partial charge >= 0.3 is 0 Å². The SMILES string of the molecule is COc1ccccc1C(=O)Nc1c(Br)cccc1Br. The van der Waals surface area contributed by atoms with Gasteiger partial charge < -0.3 is 10.1 Å². The van der Waals surface area contributed by atoms with Gasteiger partial charge in [0.05, 0.1) is 18.4 Å². The van der Waals surface area contributed by atoms with Crippen LogP contribution in [-0.4, -0.2) is 13.0 Å². The van der Waals surface area contributed by atoms with Crippen LogP contribution in [0.5, 0.6) is 5.75 Å². The normalized spacial score (nSPS) is 10.1. The minimum absolute atomic E-state index is 0.218. The highest BCUT2D eigenvalue weighted by atomic mass is 79.9. The van der Waals surface area contributed by atoms with E-state index >= 15 is 0 Å². The summed E-state index contributed by atoms with van der Waals surface area (Å²) in [5.74, 6) is 0.327. The molecule has 0 aromatic heterocycles. The molecule has 3 nitrogen and oxygen atoms in total. The van der Waals surface area contributed by atoms with Crippen LogP contribution in [0.15, 0.2) is 51.4 Å². The molecule has 19 heavy (non-hydrogen) atoms. The first kappa shape index (κ1) is 14.1. The zero-order valence-electron chi connectivity index (χ0n) is 10.1. The number of anilines is 1. The first-order valence-corrected chi connectivity index (χ1v) is 7.10. The maximum absolute atomic E-state index is 12.3. The number of carbonyl (C=O) groups is 1. The maximum atomic E-state index is 12.3. The lowest BCUT2D eigenvalue weighted by atomic mass is 10.2. The van der Waals surface area contributed by atoms with Crippen LogP contribution in [0.2, 0.25) is 0 Å². The van der Waals surface area contributed by atoms with Gasteiger partial charge in [-0.1, -0.05) is 18.2 Å². The molecule has 98 valence electrons. The Morgan fingerprint density at radius 3 is 2.32 bits per heavy atom. The van der Waals surface area contributed by atoms with E-state index in [0.29, 0.717) is 17.0 Å². The van der Waals surface area contributed by atoms with E-state index in [-0.39, 0.29) is 5.91 Å². The fourth-order valence-electron chi connectivity index (χ4n) is 1.63. The first-order chi connectivity index (χ1) is 9.13. The van der Waals surface area contributed by atoms with Gasteiger partial charge in [0.1, 0.15) is 5.75 Å². The smallest absolute Gasteiger partial charge is 0.259 e. The van der Waals surface area contributed by atoms with Crippen molar-refractivity contribution in [1.82, 2.24) is 0 Å². The number of hydrogen-bond donors (Lipinski definition) is 1. The average molecular weight is 385 g/mol. The Labute approximate surface area is 128 Å². The summed E-state index contributed by atoms with van der Waals surface area (Å²) >= 11 is 6.82. The molecule has 1 N–H and O–H groups in total. The minimum atomic E-state index is -0.218. The van der Waals surface area contributed by atoms with E-state index in [1.807, 2.05) is 24.3 Å². The van der Waals surface area contributed by atoms with Crippen LogP contribution >= 0.6 is 31.9 Å². The van der Waals surface area contributed by atoms with Crippen molar-refractivity contribution in [3.8, 4) is 5.75 Å². The van der Waals surface area contributed by atoms with Crippen LogP contribution in [0, 0.1) is 0 Å². The van der Waals surface area contributed by atoms with Crippen molar-refractivity contribution in [2.24, 2.45) is 0 Å². The molecule has 0 saturated carbocycles. The van der Waals surface area contributed by atoms with Crippen molar-refractivity contribution in [2.75, 3.05) is 12.4 Å². The summed E-state index contributed by atoms with van der Waals surface area (Å²) < 4.78 is 6.80. The molecule has 0 aliphatic heterocycles. The molecule has 0 unspecified atom stereocenters. The third-order valence-electron chi connectivity index (χ3n) is 2.55. The number of methoxy groups -OCH3 is 1. The lowest BCUT2D eigenvalue weighted by molar-refractivity contribution is 0.102. The number of amides is 1. The molecule has 2 aromatic carbocycles. The van der Waals surface area contributed by atoms with Gasteiger partial charge in [0.25, 0.3) is 5.91 Å². The Bertz CT molecular complexity index is 594. The van der Waals surface area contributed by atoms with Crippen molar-refractivity contribution < 1.29 is 9.53 Å². The second-order valence-corrected chi connectivity index (χ2v) is 5.46. The standard InChI is InChI=1S/C14H11Br2NO2/c1-19-12-8-3-2-5-9(12)14(18)17-13-10(15)6-4-7-11(13)16/h2-8H,1H3,(H,17,18). The van der Waals surface area contributed by atoms with Crippen molar-refractivity contribution in [3.05, 3.63) is 57.0 Å². The van der Waals surface area contributed by atoms with E-state index in [1.54, 1.807) is 25.3 Å². The van der Waals surface area contributed by atoms with Gasteiger partial charge in [-0.3, -0.25) is 4.79 Å². The Balaban J connectivity index is 2.31. The van der Waals surface area contributed by atoms with E-state index in [0.717, 1.165) is 8.95 Å². The molecule has 0 heterocycles. The first-order valence-electron chi connectivity index (χ1n) is 5.52. The van der Waals surface area contributed by atoms with Crippen LogP contribution in [0.4, 0.5) is 5.69 Å². The molecule has 1 amide bonds. The van der Waals surface area contributed by atoms with Crippen LogP contribution in [-0.2, 0) is 0 Å². The highest BCUT2D eigenvalue weighted by Crippen LogP contribution is 2.31. The monoisotopic (exact) mass is 383 g/mol. The molecule has 0 aliphatic rings. The number of halogens is 2.